The molecule has 1 N–H and O–H groups in total. The molecule has 9 heteroatoms. The largest absolute Gasteiger partial charge is 0.316 e. The highest BCUT2D eigenvalue weighted by atomic mass is 35.5. The number of amides is 1. The van der Waals surface area contributed by atoms with Crippen LogP contribution in [-0.4, -0.2) is 31.7 Å². The van der Waals surface area contributed by atoms with Gasteiger partial charge >= 0.3 is 0 Å². The van der Waals surface area contributed by atoms with Gasteiger partial charge < -0.3 is 5.32 Å². The van der Waals surface area contributed by atoms with Gasteiger partial charge in [-0.15, -0.1) is 11.3 Å². The number of carbonyl (C=O) groups excluding carboxylic acids is 1. The number of benzene rings is 1. The van der Waals surface area contributed by atoms with Gasteiger partial charge in [0, 0.05) is 24.0 Å². The number of piperidine rings is 1. The van der Waals surface area contributed by atoms with Gasteiger partial charge in [-0.1, -0.05) is 11.6 Å². The molecule has 0 unspecified atom stereocenters. The Morgan fingerprint density at radius 2 is 1.88 bits per heavy atom. The van der Waals surface area contributed by atoms with Crippen molar-refractivity contribution in [2.24, 2.45) is 5.92 Å². The summed E-state index contributed by atoms with van der Waals surface area (Å²) in [7, 11) is -3.59. The zero-order valence-corrected chi connectivity index (χ0v) is 16.1. The smallest absolute Gasteiger partial charge is 0.243 e. The maximum atomic E-state index is 12.7. The van der Waals surface area contributed by atoms with E-state index >= 15 is 0 Å². The molecule has 3 rings (SSSR count). The third-order valence-electron chi connectivity index (χ3n) is 4.30. The van der Waals surface area contributed by atoms with Crippen LogP contribution in [0.5, 0.6) is 0 Å². The summed E-state index contributed by atoms with van der Waals surface area (Å²) in [6.07, 6.45) is 0.873. The molecule has 0 radical (unpaired) electrons. The minimum Gasteiger partial charge on any atom is -0.316 e. The minimum atomic E-state index is -3.59. The molecule has 1 aromatic carbocycles. The maximum absolute atomic E-state index is 12.7. The van der Waals surface area contributed by atoms with E-state index in [0.29, 0.717) is 28.4 Å². The van der Waals surface area contributed by atoms with Crippen LogP contribution in [0, 0.1) is 17.2 Å². The number of hydrogen-bond acceptors (Lipinski definition) is 5. The molecule has 1 aromatic heterocycles. The molecule has 0 aliphatic carbocycles. The lowest BCUT2D eigenvalue weighted by atomic mass is 9.97. The second kappa shape index (κ2) is 7.76. The molecule has 1 aliphatic rings. The van der Waals surface area contributed by atoms with Gasteiger partial charge in [-0.3, -0.25) is 4.79 Å². The van der Waals surface area contributed by atoms with Crippen LogP contribution in [0.2, 0.25) is 5.02 Å². The van der Waals surface area contributed by atoms with Crippen molar-refractivity contribution in [1.29, 1.82) is 5.26 Å². The molecule has 1 aliphatic heterocycles. The molecule has 26 heavy (non-hydrogen) atoms. The first-order valence-corrected chi connectivity index (χ1v) is 10.7. The fourth-order valence-electron chi connectivity index (χ4n) is 2.82. The van der Waals surface area contributed by atoms with Crippen molar-refractivity contribution >= 4 is 43.9 Å². The van der Waals surface area contributed by atoms with Gasteiger partial charge in [-0.25, -0.2) is 8.42 Å². The summed E-state index contributed by atoms with van der Waals surface area (Å²) in [5.41, 5.74) is 0.436. The molecule has 0 spiro atoms. The van der Waals surface area contributed by atoms with E-state index in [1.807, 2.05) is 6.07 Å². The van der Waals surface area contributed by atoms with Crippen molar-refractivity contribution in [3.63, 3.8) is 0 Å². The summed E-state index contributed by atoms with van der Waals surface area (Å²) in [5, 5.41) is 14.5. The van der Waals surface area contributed by atoms with Gasteiger partial charge in [0.1, 0.15) is 11.1 Å². The van der Waals surface area contributed by atoms with Crippen LogP contribution in [0.25, 0.3) is 0 Å². The van der Waals surface area contributed by atoms with Crippen molar-refractivity contribution in [3.05, 3.63) is 46.3 Å². The molecule has 2 aromatic rings. The molecule has 1 fully saturated rings. The summed E-state index contributed by atoms with van der Waals surface area (Å²) in [6, 6.07) is 9.74. The van der Waals surface area contributed by atoms with E-state index in [1.165, 1.54) is 27.8 Å². The Hall–Kier alpha value is -1.92. The van der Waals surface area contributed by atoms with Crippen molar-refractivity contribution in [2.45, 2.75) is 17.7 Å². The number of nitrogens with one attached hydrogen (secondary N) is 1. The van der Waals surface area contributed by atoms with Crippen molar-refractivity contribution in [2.75, 3.05) is 18.4 Å². The standard InChI is InChI=1S/C17H16ClN3O3S2/c18-14-1-3-15(4-2-14)26(23,24)21-8-5-12(6-9-21)16(22)20-17-13(11-19)7-10-25-17/h1-4,7,10,12H,5-6,8-9H2,(H,20,22). The number of anilines is 1. The lowest BCUT2D eigenvalue weighted by molar-refractivity contribution is -0.120. The van der Waals surface area contributed by atoms with E-state index in [2.05, 4.69) is 5.32 Å². The van der Waals surface area contributed by atoms with Gasteiger partial charge in [0.25, 0.3) is 0 Å². The first kappa shape index (κ1) is 18.9. The average molecular weight is 410 g/mol. The van der Waals surface area contributed by atoms with Crippen LogP contribution in [-0.2, 0) is 14.8 Å². The van der Waals surface area contributed by atoms with Crippen LogP contribution in [0.15, 0.2) is 40.6 Å². The van der Waals surface area contributed by atoms with Gasteiger partial charge in [0.15, 0.2) is 0 Å². The number of halogens is 1. The van der Waals surface area contributed by atoms with Crippen molar-refractivity contribution < 1.29 is 13.2 Å². The molecular weight excluding hydrogens is 394 g/mol. The van der Waals surface area contributed by atoms with Gasteiger partial charge in [-0.05, 0) is 48.6 Å². The normalized spacial score (nSPS) is 16.2. The highest BCUT2D eigenvalue weighted by molar-refractivity contribution is 7.89. The lowest BCUT2D eigenvalue weighted by Gasteiger charge is -2.30. The minimum absolute atomic E-state index is 0.174. The molecule has 6 nitrogen and oxygen atoms in total. The summed E-state index contributed by atoms with van der Waals surface area (Å²) >= 11 is 7.11. The van der Waals surface area contributed by atoms with E-state index in [1.54, 1.807) is 23.6 Å². The fourth-order valence-corrected chi connectivity index (χ4v) is 5.16. The molecule has 1 amide bonds. The second-order valence-corrected chi connectivity index (χ2v) is 9.19. The third kappa shape index (κ3) is 3.91. The average Bonchev–Trinajstić information content (AvgIpc) is 3.09. The molecule has 136 valence electrons. The molecule has 0 atom stereocenters. The number of carbonyl (C=O) groups is 1. The number of sulfonamides is 1. The number of rotatable bonds is 4. The number of nitrogens with zero attached hydrogens (tertiary/aromatic N) is 2. The predicted molar refractivity (Wildman–Crippen MR) is 101 cm³/mol. The highest BCUT2D eigenvalue weighted by Crippen LogP contribution is 2.27. The lowest BCUT2D eigenvalue weighted by Crippen LogP contribution is -2.41. The Kier molecular flexibility index (Phi) is 5.63. The van der Waals surface area contributed by atoms with E-state index in [9.17, 15) is 13.2 Å². The first-order chi connectivity index (χ1) is 12.4. The van der Waals surface area contributed by atoms with Crippen LogP contribution >= 0.6 is 22.9 Å². The Bertz CT molecular complexity index is 940. The van der Waals surface area contributed by atoms with Crippen LogP contribution in [0.3, 0.4) is 0 Å². The number of thiophene rings is 1. The van der Waals surface area contributed by atoms with Crippen LogP contribution in [0.4, 0.5) is 5.00 Å². The number of hydrogen-bond donors (Lipinski definition) is 1. The SMILES string of the molecule is N#Cc1ccsc1NC(=O)C1CCN(S(=O)(=O)c2ccc(Cl)cc2)CC1. The summed E-state index contributed by atoms with van der Waals surface area (Å²) in [6.45, 7) is 0.553. The van der Waals surface area contributed by atoms with Crippen molar-refractivity contribution in [3.8, 4) is 6.07 Å². The fraction of sp³-hybridized carbons (Fsp3) is 0.294. The van der Waals surface area contributed by atoms with Gasteiger partial charge in [-0.2, -0.15) is 9.57 Å². The van der Waals surface area contributed by atoms with Gasteiger partial charge in [0.05, 0.1) is 10.5 Å². The molecular formula is C17H16ClN3O3S2. The predicted octanol–water partition coefficient (Wildman–Crippen LogP) is 3.31. The van der Waals surface area contributed by atoms with E-state index in [-0.39, 0.29) is 29.8 Å². The van der Waals surface area contributed by atoms with Crippen LogP contribution in [0.1, 0.15) is 18.4 Å². The molecule has 0 saturated carbocycles. The third-order valence-corrected chi connectivity index (χ3v) is 7.29. The maximum Gasteiger partial charge on any atom is 0.243 e. The van der Waals surface area contributed by atoms with E-state index in [4.69, 9.17) is 16.9 Å². The monoisotopic (exact) mass is 409 g/mol. The zero-order chi connectivity index (χ0) is 18.7. The van der Waals surface area contributed by atoms with Gasteiger partial charge in [0.2, 0.25) is 15.9 Å². The molecule has 1 saturated heterocycles. The van der Waals surface area contributed by atoms with Crippen molar-refractivity contribution in [1.82, 2.24) is 4.31 Å². The first-order valence-electron chi connectivity index (χ1n) is 7.96. The number of nitriles is 1. The Morgan fingerprint density at radius 3 is 2.50 bits per heavy atom. The Labute approximate surface area is 161 Å². The summed E-state index contributed by atoms with van der Waals surface area (Å²) in [4.78, 5) is 12.6. The van der Waals surface area contributed by atoms with E-state index in [0.717, 1.165) is 0 Å². The van der Waals surface area contributed by atoms with E-state index < -0.39 is 10.0 Å². The topological polar surface area (TPSA) is 90.3 Å². The second-order valence-electron chi connectivity index (χ2n) is 5.90. The molecule has 0 bridgehead atoms. The quantitative estimate of drug-likeness (QED) is 0.838. The Morgan fingerprint density at radius 1 is 1.23 bits per heavy atom. The van der Waals surface area contributed by atoms with Crippen LogP contribution < -0.4 is 5.32 Å². The summed E-state index contributed by atoms with van der Waals surface area (Å²) < 4.78 is 26.7. The Balaban J connectivity index is 1.63. The molecule has 2 heterocycles. The summed E-state index contributed by atoms with van der Waals surface area (Å²) in [5.74, 6) is -0.451. The zero-order valence-electron chi connectivity index (χ0n) is 13.7. The highest BCUT2D eigenvalue weighted by Gasteiger charge is 2.32.